The van der Waals surface area contributed by atoms with E-state index in [0.717, 1.165) is 55.3 Å². The summed E-state index contributed by atoms with van der Waals surface area (Å²) in [6.45, 7) is 11.6. The van der Waals surface area contributed by atoms with Crippen molar-refractivity contribution in [1.29, 1.82) is 0 Å². The van der Waals surface area contributed by atoms with Crippen LogP contribution in [0, 0.1) is 40.4 Å². The van der Waals surface area contributed by atoms with Crippen LogP contribution < -0.4 is 0 Å². The van der Waals surface area contributed by atoms with Gasteiger partial charge in [-0.2, -0.15) is 0 Å². The van der Waals surface area contributed by atoms with E-state index in [1.807, 2.05) is 13.8 Å². The Morgan fingerprint density at radius 3 is 2.59 bits per heavy atom. The van der Waals surface area contributed by atoms with Crippen LogP contribution in [-0.2, 0) is 0 Å². The fraction of sp³-hybridized carbons (Fsp3) is 0.926. The van der Waals surface area contributed by atoms with Crippen LogP contribution in [-0.4, -0.2) is 21.9 Å². The first-order valence-corrected chi connectivity index (χ1v) is 12.6. The second kappa shape index (κ2) is 7.66. The minimum absolute atomic E-state index is 0.0969. The van der Waals surface area contributed by atoms with E-state index in [0.29, 0.717) is 10.8 Å². The summed E-state index contributed by atoms with van der Waals surface area (Å²) in [6, 6.07) is 0. The molecule has 0 aromatic carbocycles. The molecule has 4 aliphatic rings. The van der Waals surface area contributed by atoms with Crippen molar-refractivity contribution in [3.63, 3.8) is 0 Å². The van der Waals surface area contributed by atoms with E-state index in [4.69, 9.17) is 0 Å². The Balaban J connectivity index is 1.47. The Morgan fingerprint density at radius 1 is 1.10 bits per heavy atom. The third-order valence-corrected chi connectivity index (χ3v) is 10.3. The zero-order valence-electron chi connectivity index (χ0n) is 19.7. The van der Waals surface area contributed by atoms with Gasteiger partial charge < -0.3 is 10.2 Å². The average molecular weight is 403 g/mol. The Labute approximate surface area is 179 Å². The molecule has 0 aromatic heterocycles. The summed E-state index contributed by atoms with van der Waals surface area (Å²) in [5.41, 5.74) is 1.95. The standard InChI is InChI=1S/C27H46O2/c1-18(7-6-14-25(2,3)29)22-10-11-23-21-9-8-19-17-20(28)12-15-26(19,4)24(21)13-16-27(22,23)5/h8,18,20-24,28-29H,6-7,9-17H2,1-5H3/t18-,20+,21?,22-,23+,24+,26+,27-/m1/s1. The molecular weight excluding hydrogens is 356 g/mol. The van der Waals surface area contributed by atoms with Gasteiger partial charge in [0.2, 0.25) is 0 Å². The van der Waals surface area contributed by atoms with Crippen molar-refractivity contribution in [3.8, 4) is 0 Å². The van der Waals surface area contributed by atoms with Crippen LogP contribution in [0.25, 0.3) is 0 Å². The highest BCUT2D eigenvalue weighted by Gasteiger charge is 2.59. The SMILES string of the molecule is C[C@H](CCCC(C)(C)O)[C@H]1CC[C@H]2C3CC=C4C[C@@H](O)CC[C@]4(C)[C@H]3CC[C@]12C. The quantitative estimate of drug-likeness (QED) is 0.515. The van der Waals surface area contributed by atoms with Crippen LogP contribution >= 0.6 is 0 Å². The van der Waals surface area contributed by atoms with E-state index in [1.54, 1.807) is 5.57 Å². The Morgan fingerprint density at radius 2 is 1.86 bits per heavy atom. The van der Waals surface area contributed by atoms with Gasteiger partial charge in [-0.3, -0.25) is 0 Å². The van der Waals surface area contributed by atoms with Crippen molar-refractivity contribution in [2.24, 2.45) is 40.4 Å². The fourth-order valence-electron chi connectivity index (χ4n) is 8.67. The Kier molecular flexibility index (Phi) is 5.78. The summed E-state index contributed by atoms with van der Waals surface area (Å²) in [6.07, 6.45) is 15.9. The maximum atomic E-state index is 10.2. The van der Waals surface area contributed by atoms with Crippen LogP contribution in [0.5, 0.6) is 0 Å². The van der Waals surface area contributed by atoms with E-state index in [-0.39, 0.29) is 6.10 Å². The minimum atomic E-state index is -0.519. The van der Waals surface area contributed by atoms with E-state index in [2.05, 4.69) is 26.8 Å². The first-order chi connectivity index (χ1) is 13.5. The van der Waals surface area contributed by atoms with Crippen LogP contribution in [0.2, 0.25) is 0 Å². The largest absolute Gasteiger partial charge is 0.393 e. The van der Waals surface area contributed by atoms with Crippen molar-refractivity contribution >= 4 is 0 Å². The molecule has 0 spiro atoms. The van der Waals surface area contributed by atoms with Gasteiger partial charge in [0.05, 0.1) is 11.7 Å². The van der Waals surface area contributed by atoms with Gasteiger partial charge in [-0.1, -0.05) is 45.3 Å². The van der Waals surface area contributed by atoms with E-state index < -0.39 is 5.60 Å². The summed E-state index contributed by atoms with van der Waals surface area (Å²) in [7, 11) is 0. The predicted octanol–water partition coefficient (Wildman–Crippen LogP) is 6.50. The van der Waals surface area contributed by atoms with Crippen molar-refractivity contribution in [3.05, 3.63) is 11.6 Å². The van der Waals surface area contributed by atoms with Gasteiger partial charge in [0.15, 0.2) is 0 Å². The van der Waals surface area contributed by atoms with Crippen LogP contribution in [0.1, 0.15) is 105 Å². The molecule has 29 heavy (non-hydrogen) atoms. The average Bonchev–Trinajstić information content (AvgIpc) is 2.98. The Hall–Kier alpha value is -0.340. The molecule has 1 unspecified atom stereocenters. The van der Waals surface area contributed by atoms with Crippen molar-refractivity contribution in [2.75, 3.05) is 0 Å². The van der Waals surface area contributed by atoms with Crippen molar-refractivity contribution in [2.45, 2.75) is 117 Å². The molecule has 0 heterocycles. The molecule has 3 saturated carbocycles. The molecule has 0 amide bonds. The van der Waals surface area contributed by atoms with Gasteiger partial charge >= 0.3 is 0 Å². The lowest BCUT2D eigenvalue weighted by Crippen LogP contribution is -2.50. The lowest BCUT2D eigenvalue weighted by molar-refractivity contribution is -0.0575. The van der Waals surface area contributed by atoms with E-state index in [1.165, 1.54) is 44.9 Å². The maximum absolute atomic E-state index is 10.2. The number of hydrogen-bond acceptors (Lipinski definition) is 2. The predicted molar refractivity (Wildman–Crippen MR) is 121 cm³/mol. The molecular formula is C27H46O2. The number of allylic oxidation sites excluding steroid dienone is 1. The summed E-state index contributed by atoms with van der Waals surface area (Å²) >= 11 is 0. The van der Waals surface area contributed by atoms with Crippen molar-refractivity contribution < 1.29 is 10.2 Å². The topological polar surface area (TPSA) is 40.5 Å². The van der Waals surface area contributed by atoms with Gasteiger partial charge in [-0.05, 0) is 112 Å². The molecule has 4 rings (SSSR count). The molecule has 0 saturated heterocycles. The molecule has 8 atom stereocenters. The summed E-state index contributed by atoms with van der Waals surface area (Å²) in [5.74, 6) is 4.24. The molecule has 2 N–H and O–H groups in total. The number of hydrogen-bond donors (Lipinski definition) is 2. The third kappa shape index (κ3) is 3.86. The number of aliphatic hydroxyl groups is 2. The van der Waals surface area contributed by atoms with Crippen LogP contribution in [0.4, 0.5) is 0 Å². The summed E-state index contributed by atoms with van der Waals surface area (Å²) < 4.78 is 0. The van der Waals surface area contributed by atoms with E-state index in [9.17, 15) is 10.2 Å². The van der Waals surface area contributed by atoms with Crippen molar-refractivity contribution in [1.82, 2.24) is 0 Å². The summed E-state index contributed by atoms with van der Waals surface area (Å²) in [5, 5.41) is 20.3. The number of aliphatic hydroxyl groups excluding tert-OH is 1. The lowest BCUT2D eigenvalue weighted by Gasteiger charge is -2.58. The normalized spacial score (nSPS) is 45.8. The van der Waals surface area contributed by atoms with Gasteiger partial charge in [0.1, 0.15) is 0 Å². The van der Waals surface area contributed by atoms with Gasteiger partial charge in [-0.25, -0.2) is 0 Å². The van der Waals surface area contributed by atoms with Gasteiger partial charge in [0, 0.05) is 0 Å². The smallest absolute Gasteiger partial charge is 0.0591 e. The third-order valence-electron chi connectivity index (χ3n) is 10.3. The first-order valence-electron chi connectivity index (χ1n) is 12.6. The maximum Gasteiger partial charge on any atom is 0.0591 e. The number of fused-ring (bicyclic) bond motifs is 5. The van der Waals surface area contributed by atoms with Gasteiger partial charge in [-0.15, -0.1) is 0 Å². The molecule has 166 valence electrons. The highest BCUT2D eigenvalue weighted by atomic mass is 16.3. The molecule has 4 aliphatic carbocycles. The molecule has 3 fully saturated rings. The highest BCUT2D eigenvalue weighted by Crippen LogP contribution is 2.67. The summed E-state index contributed by atoms with van der Waals surface area (Å²) in [4.78, 5) is 0. The van der Waals surface area contributed by atoms with E-state index >= 15 is 0 Å². The molecule has 0 bridgehead atoms. The molecule has 0 aliphatic heterocycles. The zero-order chi connectivity index (χ0) is 21.0. The van der Waals surface area contributed by atoms with Crippen LogP contribution in [0.3, 0.4) is 0 Å². The van der Waals surface area contributed by atoms with Gasteiger partial charge in [0.25, 0.3) is 0 Å². The molecule has 0 radical (unpaired) electrons. The fourth-order valence-corrected chi connectivity index (χ4v) is 8.67. The monoisotopic (exact) mass is 402 g/mol. The molecule has 2 heteroatoms. The minimum Gasteiger partial charge on any atom is -0.393 e. The zero-order valence-corrected chi connectivity index (χ0v) is 19.7. The molecule has 0 aromatic rings. The van der Waals surface area contributed by atoms with Crippen LogP contribution in [0.15, 0.2) is 11.6 Å². The number of rotatable bonds is 5. The lowest BCUT2D eigenvalue weighted by atomic mass is 9.47. The first kappa shape index (κ1) is 21.9. The highest BCUT2D eigenvalue weighted by molar-refractivity contribution is 5.25. The second-order valence-corrected chi connectivity index (χ2v) is 12.6. The molecule has 2 nitrogen and oxygen atoms in total. The second-order valence-electron chi connectivity index (χ2n) is 12.6. The Bertz CT molecular complexity index is 631.